The molecule has 1 aliphatic heterocycles. The number of fused-ring (bicyclic) bond motifs is 12. The van der Waals surface area contributed by atoms with Crippen molar-refractivity contribution < 1.29 is 0 Å². The zero-order chi connectivity index (χ0) is 35.6. The molecule has 0 saturated heterocycles. The first-order chi connectivity index (χ1) is 26.7. The Hall–Kier alpha value is -7.16. The summed E-state index contributed by atoms with van der Waals surface area (Å²) in [6, 6.07) is 73.2. The molecule has 0 saturated carbocycles. The van der Waals surface area contributed by atoms with Crippen LogP contribution in [0.3, 0.4) is 0 Å². The van der Waals surface area contributed by atoms with Crippen molar-refractivity contribution in [3.63, 3.8) is 0 Å². The molecule has 0 amide bonds. The lowest BCUT2D eigenvalue weighted by Gasteiger charge is -2.22. The van der Waals surface area contributed by atoms with Crippen molar-refractivity contribution in [3.05, 3.63) is 200 Å². The number of benzene rings is 9. The van der Waals surface area contributed by atoms with Gasteiger partial charge in [-0.2, -0.15) is 0 Å². The number of nitrogens with one attached hydrogen (secondary N) is 1. The molecule has 0 fully saturated rings. The Morgan fingerprint density at radius 1 is 0.296 bits per heavy atom. The Bertz CT molecular complexity index is 3080. The minimum Gasteiger partial charge on any atom is -0.355 e. The lowest BCUT2D eigenvalue weighted by Crippen LogP contribution is -1.99. The van der Waals surface area contributed by atoms with Crippen LogP contribution in [0.25, 0.3) is 93.9 Å². The Labute approximate surface area is 314 Å². The minimum absolute atomic E-state index is 1.09. The van der Waals surface area contributed by atoms with E-state index in [9.17, 15) is 0 Å². The number of nitrogens with zero attached hydrogens (tertiary/aromatic N) is 1. The van der Waals surface area contributed by atoms with Gasteiger partial charge in [-0.3, -0.25) is 0 Å². The van der Waals surface area contributed by atoms with Gasteiger partial charge in [-0.1, -0.05) is 127 Å². The van der Waals surface area contributed by atoms with Crippen LogP contribution in [-0.2, 0) is 0 Å². The van der Waals surface area contributed by atoms with Gasteiger partial charge in [0.1, 0.15) is 0 Å². The van der Waals surface area contributed by atoms with Crippen molar-refractivity contribution in [2.45, 2.75) is 0 Å². The van der Waals surface area contributed by atoms with Gasteiger partial charge in [0.15, 0.2) is 0 Å². The molecule has 54 heavy (non-hydrogen) atoms. The molecular formula is C52H34N2. The number of rotatable bonds is 3. The zero-order valence-corrected chi connectivity index (χ0v) is 29.5. The molecule has 0 aliphatic carbocycles. The first-order valence-electron chi connectivity index (χ1n) is 18.6. The molecule has 0 radical (unpaired) electrons. The second-order valence-corrected chi connectivity index (χ2v) is 14.3. The number of hydrogen-bond acceptors (Lipinski definition) is 1. The molecule has 2 bridgehead atoms. The number of para-hydroxylation sites is 3. The average Bonchev–Trinajstić information content (AvgIpc) is 3.57. The fraction of sp³-hybridized carbons (Fsp3) is 0. The van der Waals surface area contributed by atoms with Crippen LogP contribution in [0.5, 0.6) is 0 Å². The Balaban J connectivity index is 1.15. The maximum absolute atomic E-state index is 3.84. The topological polar surface area (TPSA) is 17.0 Å². The van der Waals surface area contributed by atoms with Crippen molar-refractivity contribution in [2.75, 3.05) is 5.32 Å². The van der Waals surface area contributed by atoms with Gasteiger partial charge in [-0.15, -0.1) is 0 Å². The molecule has 2 heteroatoms. The van der Waals surface area contributed by atoms with E-state index in [4.69, 9.17) is 0 Å². The van der Waals surface area contributed by atoms with E-state index >= 15 is 0 Å². The van der Waals surface area contributed by atoms with Gasteiger partial charge in [0.25, 0.3) is 0 Å². The first kappa shape index (κ1) is 30.5. The molecule has 2 nitrogen and oxygen atoms in total. The summed E-state index contributed by atoms with van der Waals surface area (Å²) in [6.45, 7) is 0. The van der Waals surface area contributed by atoms with Gasteiger partial charge in [-0.05, 0) is 128 Å². The summed E-state index contributed by atoms with van der Waals surface area (Å²) in [4.78, 5) is 0. The maximum Gasteiger partial charge on any atom is 0.0541 e. The standard InChI is InChI=1S/C52H34N2/c1-2-13-34(14-3-1)35-17-12-18-42(30-35)54-51-24-11-8-21-45(51)48-33-38(25-26-52(48)54)39-27-40-29-41(28-39)46-31-36-15-4-5-16-37(36)32-47(46)44-20-7-10-23-50(44)53-49-22-9-6-19-43(40)49/h1-33,53H. The quantitative estimate of drug-likeness (QED) is 0.196. The largest absolute Gasteiger partial charge is 0.355 e. The molecule has 0 atom stereocenters. The second kappa shape index (κ2) is 12.2. The van der Waals surface area contributed by atoms with E-state index in [1.807, 2.05) is 0 Å². The molecule has 1 N–H and O–H groups in total. The highest BCUT2D eigenvalue weighted by atomic mass is 15.0. The van der Waals surface area contributed by atoms with E-state index in [1.54, 1.807) is 0 Å². The summed E-state index contributed by atoms with van der Waals surface area (Å²) in [5.41, 5.74) is 17.7. The summed E-state index contributed by atoms with van der Waals surface area (Å²) in [6.07, 6.45) is 0. The molecule has 252 valence electrons. The van der Waals surface area contributed by atoms with E-state index in [-0.39, 0.29) is 0 Å². The molecule has 2 heterocycles. The van der Waals surface area contributed by atoms with Crippen LogP contribution < -0.4 is 5.32 Å². The minimum atomic E-state index is 1.09. The molecule has 11 rings (SSSR count). The van der Waals surface area contributed by atoms with Crippen LogP contribution >= 0.6 is 0 Å². The predicted molar refractivity (Wildman–Crippen MR) is 229 cm³/mol. The van der Waals surface area contributed by atoms with Crippen LogP contribution in [0.4, 0.5) is 11.4 Å². The molecule has 0 unspecified atom stereocenters. The van der Waals surface area contributed by atoms with Crippen molar-refractivity contribution in [1.82, 2.24) is 4.57 Å². The summed E-state index contributed by atoms with van der Waals surface area (Å²) in [5, 5.41) is 8.79. The maximum atomic E-state index is 3.84. The number of hydrogen-bond donors (Lipinski definition) is 1. The van der Waals surface area contributed by atoms with Gasteiger partial charge in [0, 0.05) is 39.0 Å². The Kier molecular flexibility index (Phi) is 6.90. The molecular weight excluding hydrogens is 653 g/mol. The number of anilines is 2. The zero-order valence-electron chi connectivity index (χ0n) is 29.5. The third kappa shape index (κ3) is 4.96. The van der Waals surface area contributed by atoms with Gasteiger partial charge in [0.05, 0.1) is 11.0 Å². The molecule has 1 aliphatic rings. The normalized spacial score (nSPS) is 11.9. The van der Waals surface area contributed by atoms with E-state index in [0.717, 1.165) is 17.1 Å². The number of aromatic nitrogens is 1. The lowest BCUT2D eigenvalue weighted by atomic mass is 9.86. The fourth-order valence-electron chi connectivity index (χ4n) is 8.51. The fourth-order valence-corrected chi connectivity index (χ4v) is 8.51. The van der Waals surface area contributed by atoms with Crippen molar-refractivity contribution in [1.29, 1.82) is 0 Å². The highest BCUT2D eigenvalue weighted by Gasteiger charge is 2.20. The lowest BCUT2D eigenvalue weighted by molar-refractivity contribution is 1.18. The molecule has 0 spiro atoms. The van der Waals surface area contributed by atoms with Crippen molar-refractivity contribution in [2.24, 2.45) is 0 Å². The van der Waals surface area contributed by atoms with Crippen molar-refractivity contribution in [3.8, 4) is 61.3 Å². The van der Waals surface area contributed by atoms with Crippen molar-refractivity contribution >= 4 is 44.0 Å². The summed E-state index contributed by atoms with van der Waals surface area (Å²) in [7, 11) is 0. The van der Waals surface area contributed by atoms with Crippen LogP contribution in [0, 0.1) is 0 Å². The van der Waals surface area contributed by atoms with Gasteiger partial charge in [-0.25, -0.2) is 0 Å². The first-order valence-corrected chi connectivity index (χ1v) is 18.6. The molecule has 1 aromatic heterocycles. The van der Waals surface area contributed by atoms with E-state index in [1.165, 1.54) is 88.2 Å². The smallest absolute Gasteiger partial charge is 0.0541 e. The monoisotopic (exact) mass is 686 g/mol. The highest BCUT2D eigenvalue weighted by Crippen LogP contribution is 2.45. The second-order valence-electron chi connectivity index (χ2n) is 14.3. The molecule has 9 aromatic carbocycles. The Morgan fingerprint density at radius 3 is 1.72 bits per heavy atom. The summed E-state index contributed by atoms with van der Waals surface area (Å²) in [5.74, 6) is 0. The highest BCUT2D eigenvalue weighted by molar-refractivity contribution is 6.11. The van der Waals surface area contributed by atoms with Gasteiger partial charge >= 0.3 is 0 Å². The van der Waals surface area contributed by atoms with Crippen LogP contribution in [-0.4, -0.2) is 4.57 Å². The average molecular weight is 687 g/mol. The van der Waals surface area contributed by atoms with Gasteiger partial charge < -0.3 is 9.88 Å². The van der Waals surface area contributed by atoms with E-state index < -0.39 is 0 Å². The summed E-state index contributed by atoms with van der Waals surface area (Å²) < 4.78 is 2.41. The SMILES string of the molecule is c1ccc(-c2cccc(-n3c4ccccc4c4cc(-c5cc6cc(c5)-c5cc7ccccc7cc5-c5ccccc5Nc5ccccc5-6)ccc43)c2)cc1. The van der Waals surface area contributed by atoms with Crippen LogP contribution in [0.15, 0.2) is 200 Å². The van der Waals surface area contributed by atoms with E-state index in [0.29, 0.717) is 0 Å². The van der Waals surface area contributed by atoms with Crippen LogP contribution in [0.1, 0.15) is 0 Å². The third-order valence-corrected chi connectivity index (χ3v) is 11.1. The van der Waals surface area contributed by atoms with Crippen LogP contribution in [0.2, 0.25) is 0 Å². The third-order valence-electron chi connectivity index (χ3n) is 11.1. The molecule has 10 aromatic rings. The van der Waals surface area contributed by atoms with Gasteiger partial charge in [0.2, 0.25) is 0 Å². The van der Waals surface area contributed by atoms with E-state index in [2.05, 4.69) is 210 Å². The summed E-state index contributed by atoms with van der Waals surface area (Å²) >= 11 is 0. The predicted octanol–water partition coefficient (Wildman–Crippen LogP) is 14.3. The Morgan fingerprint density at radius 2 is 0.889 bits per heavy atom.